The lowest BCUT2D eigenvalue weighted by Gasteiger charge is -2.39. The van der Waals surface area contributed by atoms with E-state index in [9.17, 15) is 57.1 Å². The molecule has 0 fully saturated rings. The van der Waals surface area contributed by atoms with Crippen molar-refractivity contribution in [3.05, 3.63) is 0 Å². The van der Waals surface area contributed by atoms with Crippen LogP contribution >= 0.6 is 0 Å². The van der Waals surface area contributed by atoms with Gasteiger partial charge in [0, 0.05) is 13.5 Å². The minimum Gasteiger partial charge on any atom is -0.382 e. The van der Waals surface area contributed by atoms with E-state index in [2.05, 4.69) is 9.47 Å². The molecule has 0 aromatic heterocycles. The first-order valence-corrected chi connectivity index (χ1v) is 8.49. The molecule has 0 aliphatic rings. The first-order valence-electron chi connectivity index (χ1n) is 8.49. The summed E-state index contributed by atoms with van der Waals surface area (Å²) in [5.74, 6) is -36.8. The SMILES string of the molecule is COCCOCCOCCOCCC(F)(F)C(F)(F)C(F)(F)C(F)(F)C(F)(F)C(F)(F)F. The first-order chi connectivity index (χ1) is 14.3. The van der Waals surface area contributed by atoms with Crippen molar-refractivity contribution in [1.82, 2.24) is 0 Å². The van der Waals surface area contributed by atoms with Crippen LogP contribution in [0.3, 0.4) is 0 Å². The van der Waals surface area contributed by atoms with Crippen molar-refractivity contribution < 1.29 is 76.0 Å². The van der Waals surface area contributed by atoms with E-state index in [0.29, 0.717) is 6.61 Å². The highest BCUT2D eigenvalue weighted by atomic mass is 19.4. The van der Waals surface area contributed by atoms with Gasteiger partial charge in [-0.25, -0.2) is 0 Å². The summed E-state index contributed by atoms with van der Waals surface area (Å²) in [6.07, 6.45) is -9.83. The van der Waals surface area contributed by atoms with Gasteiger partial charge in [0.2, 0.25) is 0 Å². The Labute approximate surface area is 172 Å². The molecule has 0 atom stereocenters. The maximum Gasteiger partial charge on any atom is 0.460 e. The Bertz CT molecular complexity index is 552. The molecule has 32 heavy (non-hydrogen) atoms. The minimum atomic E-state index is -7.90. The van der Waals surface area contributed by atoms with Gasteiger partial charge in [-0.2, -0.15) is 57.1 Å². The summed E-state index contributed by atoms with van der Waals surface area (Å²) in [7, 11) is 1.42. The lowest BCUT2D eigenvalue weighted by atomic mass is 9.93. The Morgan fingerprint density at radius 2 is 0.781 bits per heavy atom. The molecule has 0 rings (SSSR count). The van der Waals surface area contributed by atoms with E-state index in [1.165, 1.54) is 7.11 Å². The van der Waals surface area contributed by atoms with Crippen LogP contribution in [0.4, 0.5) is 57.1 Å². The Morgan fingerprint density at radius 3 is 1.16 bits per heavy atom. The molecule has 0 aliphatic heterocycles. The Hall–Kier alpha value is -1.07. The second kappa shape index (κ2) is 11.4. The Morgan fingerprint density at radius 1 is 0.438 bits per heavy atom. The maximum absolute atomic E-state index is 13.5. The Kier molecular flexibility index (Phi) is 11.0. The molecule has 0 unspecified atom stereocenters. The zero-order valence-electron chi connectivity index (χ0n) is 16.2. The predicted octanol–water partition coefficient (Wildman–Crippen LogP) is 4.81. The van der Waals surface area contributed by atoms with Gasteiger partial charge in [0.05, 0.1) is 46.2 Å². The smallest absolute Gasteiger partial charge is 0.382 e. The molecule has 0 heterocycles. The number of hydrogen-bond acceptors (Lipinski definition) is 4. The second-order valence-corrected chi connectivity index (χ2v) is 6.08. The fourth-order valence-corrected chi connectivity index (χ4v) is 1.84. The van der Waals surface area contributed by atoms with Crippen LogP contribution in [-0.4, -0.2) is 89.1 Å². The maximum atomic E-state index is 13.5. The normalized spacial score (nSPS) is 14.8. The van der Waals surface area contributed by atoms with Crippen molar-refractivity contribution in [3.8, 4) is 0 Å². The van der Waals surface area contributed by atoms with Crippen molar-refractivity contribution in [2.75, 3.05) is 53.4 Å². The summed E-state index contributed by atoms with van der Waals surface area (Å²) in [5.41, 5.74) is 0. The monoisotopic (exact) mass is 510 g/mol. The average molecular weight is 510 g/mol. The molecule has 17 heteroatoms. The van der Waals surface area contributed by atoms with Gasteiger partial charge in [0.25, 0.3) is 0 Å². The third kappa shape index (κ3) is 6.72. The quantitative estimate of drug-likeness (QED) is 0.221. The fourth-order valence-electron chi connectivity index (χ4n) is 1.84. The number of halogens is 13. The minimum absolute atomic E-state index is 0.0178. The standard InChI is InChI=1S/C15H19F13O4/c1-29-4-5-31-8-9-32-7-6-30-3-2-10(16,17)11(18,19)12(20,21)13(22,23)14(24,25)15(26,27)28/h2-9H2,1H3. The van der Waals surface area contributed by atoms with E-state index in [0.717, 1.165) is 0 Å². The van der Waals surface area contributed by atoms with Crippen molar-refractivity contribution in [2.24, 2.45) is 0 Å². The fraction of sp³-hybridized carbons (Fsp3) is 1.00. The molecule has 0 saturated carbocycles. The molecule has 4 nitrogen and oxygen atoms in total. The highest BCUT2D eigenvalue weighted by Gasteiger charge is 2.90. The lowest BCUT2D eigenvalue weighted by molar-refractivity contribution is -0.440. The number of alkyl halides is 13. The topological polar surface area (TPSA) is 36.9 Å². The van der Waals surface area contributed by atoms with Crippen molar-refractivity contribution in [2.45, 2.75) is 42.2 Å². The van der Waals surface area contributed by atoms with Crippen molar-refractivity contribution in [1.29, 1.82) is 0 Å². The molecule has 0 N–H and O–H groups in total. The lowest BCUT2D eigenvalue weighted by Crippen LogP contribution is -2.70. The zero-order valence-corrected chi connectivity index (χ0v) is 16.2. The zero-order chi connectivity index (χ0) is 25.5. The number of rotatable bonds is 16. The van der Waals surface area contributed by atoms with Crippen LogP contribution in [-0.2, 0) is 18.9 Å². The second-order valence-electron chi connectivity index (χ2n) is 6.08. The van der Waals surface area contributed by atoms with Crippen LogP contribution in [0.5, 0.6) is 0 Å². The molecule has 0 spiro atoms. The molecule has 0 bridgehead atoms. The highest BCUT2D eigenvalue weighted by Crippen LogP contribution is 2.60. The molecule has 0 amide bonds. The van der Waals surface area contributed by atoms with Gasteiger partial charge in [0.15, 0.2) is 0 Å². The van der Waals surface area contributed by atoms with Gasteiger partial charge < -0.3 is 18.9 Å². The molecular weight excluding hydrogens is 491 g/mol. The summed E-state index contributed by atoms with van der Waals surface area (Å²) in [6.45, 7) is -1.75. The van der Waals surface area contributed by atoms with E-state index in [-0.39, 0.29) is 26.4 Å². The van der Waals surface area contributed by atoms with Crippen LogP contribution in [0.25, 0.3) is 0 Å². The third-order valence-corrected chi connectivity index (χ3v) is 3.73. The van der Waals surface area contributed by atoms with Gasteiger partial charge >= 0.3 is 35.8 Å². The van der Waals surface area contributed by atoms with E-state index < -0.39 is 55.4 Å². The van der Waals surface area contributed by atoms with Crippen molar-refractivity contribution in [3.63, 3.8) is 0 Å². The molecule has 194 valence electrons. The third-order valence-electron chi connectivity index (χ3n) is 3.73. The number of ether oxygens (including phenoxy) is 4. The van der Waals surface area contributed by atoms with Crippen LogP contribution in [0.15, 0.2) is 0 Å². The van der Waals surface area contributed by atoms with Crippen LogP contribution in [0.1, 0.15) is 6.42 Å². The molecule has 0 aromatic carbocycles. The van der Waals surface area contributed by atoms with Gasteiger partial charge in [-0.3, -0.25) is 0 Å². The molecule has 0 aliphatic carbocycles. The van der Waals surface area contributed by atoms with Gasteiger partial charge in [-0.1, -0.05) is 0 Å². The average Bonchev–Trinajstić information content (AvgIpc) is 2.64. The molecule has 0 aromatic rings. The predicted molar refractivity (Wildman–Crippen MR) is 79.7 cm³/mol. The summed E-state index contributed by atoms with van der Waals surface area (Å²) in [5, 5.41) is 0. The summed E-state index contributed by atoms with van der Waals surface area (Å²) in [4.78, 5) is 0. The summed E-state index contributed by atoms with van der Waals surface area (Å²) < 4.78 is 187. The molecular formula is C15H19F13O4. The number of methoxy groups -OCH3 is 1. The van der Waals surface area contributed by atoms with Gasteiger partial charge in [0.1, 0.15) is 0 Å². The number of hydrogen-bond donors (Lipinski definition) is 0. The molecule has 0 saturated heterocycles. The van der Waals surface area contributed by atoms with E-state index in [4.69, 9.17) is 9.47 Å². The summed E-state index contributed by atoms with van der Waals surface area (Å²) >= 11 is 0. The van der Waals surface area contributed by atoms with Crippen LogP contribution in [0.2, 0.25) is 0 Å². The van der Waals surface area contributed by atoms with Crippen molar-refractivity contribution >= 4 is 0 Å². The molecule has 0 radical (unpaired) electrons. The van der Waals surface area contributed by atoms with E-state index >= 15 is 0 Å². The van der Waals surface area contributed by atoms with Gasteiger partial charge in [-0.05, 0) is 0 Å². The Balaban J connectivity index is 4.84. The van der Waals surface area contributed by atoms with Crippen LogP contribution in [0, 0.1) is 0 Å². The van der Waals surface area contributed by atoms with Gasteiger partial charge in [-0.15, -0.1) is 0 Å². The highest BCUT2D eigenvalue weighted by molar-refractivity contribution is 5.10. The van der Waals surface area contributed by atoms with E-state index in [1.807, 2.05) is 0 Å². The van der Waals surface area contributed by atoms with Crippen LogP contribution < -0.4 is 0 Å². The summed E-state index contributed by atoms with van der Waals surface area (Å²) in [6, 6.07) is 0. The largest absolute Gasteiger partial charge is 0.460 e. The van der Waals surface area contributed by atoms with E-state index in [1.54, 1.807) is 0 Å². The first kappa shape index (κ1) is 30.9.